The molecule has 0 saturated carbocycles. The summed E-state index contributed by atoms with van der Waals surface area (Å²) < 4.78 is 85.5. The minimum atomic E-state index is -4.77. The maximum absolute atomic E-state index is 14.4. The van der Waals surface area contributed by atoms with Crippen molar-refractivity contribution in [1.82, 2.24) is 24.4 Å². The maximum atomic E-state index is 14.4. The van der Waals surface area contributed by atoms with Crippen LogP contribution in [0.2, 0.25) is 0 Å². The summed E-state index contributed by atoms with van der Waals surface area (Å²) in [6.45, 7) is 2.05. The number of hydrogen-bond acceptors (Lipinski definition) is 5. The van der Waals surface area contributed by atoms with Gasteiger partial charge in [-0.15, -0.1) is 0 Å². The lowest BCUT2D eigenvalue weighted by Gasteiger charge is -2.39. The summed E-state index contributed by atoms with van der Waals surface area (Å²) >= 11 is 0. The van der Waals surface area contributed by atoms with Gasteiger partial charge in [0.25, 0.3) is 5.91 Å². The Morgan fingerprint density at radius 2 is 1.88 bits per heavy atom. The van der Waals surface area contributed by atoms with Crippen molar-refractivity contribution in [3.8, 4) is 11.3 Å². The number of amides is 1. The van der Waals surface area contributed by atoms with Crippen LogP contribution in [-0.2, 0) is 32.2 Å². The molecule has 1 aliphatic carbocycles. The van der Waals surface area contributed by atoms with Gasteiger partial charge >= 0.3 is 6.18 Å². The summed E-state index contributed by atoms with van der Waals surface area (Å²) in [4.78, 5) is 21.5. The van der Waals surface area contributed by atoms with Gasteiger partial charge in [-0.3, -0.25) is 9.69 Å². The minimum absolute atomic E-state index is 0.00986. The number of benzene rings is 2. The Hall–Kier alpha value is -3.97. The monoisotopic (exact) mass is 589 g/mol. The van der Waals surface area contributed by atoms with Crippen LogP contribution < -0.4 is 0 Å². The molecule has 2 aromatic heterocycles. The Labute approximate surface area is 236 Å². The second-order valence-corrected chi connectivity index (χ2v) is 10.7. The number of alkyl halides is 3. The van der Waals surface area contributed by atoms with E-state index in [0.717, 1.165) is 17.8 Å². The molecule has 1 saturated heterocycles. The predicted molar refractivity (Wildman–Crippen MR) is 139 cm³/mol. The molecule has 1 fully saturated rings. The number of carbonyl (C=O) groups is 1. The number of aryl methyl sites for hydroxylation is 1. The largest absolute Gasteiger partial charge is 0.433 e. The minimum Gasteiger partial charge on any atom is -0.392 e. The third-order valence-electron chi connectivity index (χ3n) is 7.93. The molecular formula is C29H25F6N5O2. The van der Waals surface area contributed by atoms with Crippen molar-refractivity contribution in [3.63, 3.8) is 0 Å². The van der Waals surface area contributed by atoms with Gasteiger partial charge in [0, 0.05) is 55.0 Å². The Morgan fingerprint density at radius 3 is 2.60 bits per heavy atom. The van der Waals surface area contributed by atoms with Crippen LogP contribution in [0.5, 0.6) is 0 Å². The second-order valence-electron chi connectivity index (χ2n) is 10.7. The van der Waals surface area contributed by atoms with Gasteiger partial charge in [0.15, 0.2) is 23.0 Å². The zero-order valence-electron chi connectivity index (χ0n) is 22.4. The van der Waals surface area contributed by atoms with Gasteiger partial charge < -0.3 is 10.0 Å². The highest BCUT2D eigenvalue weighted by atomic mass is 19.4. The summed E-state index contributed by atoms with van der Waals surface area (Å²) in [5.74, 6) is -3.89. The molecule has 0 unspecified atom stereocenters. The highest BCUT2D eigenvalue weighted by Gasteiger charge is 2.41. The number of piperazine rings is 1. The zero-order valence-corrected chi connectivity index (χ0v) is 22.4. The molecule has 13 heteroatoms. The highest BCUT2D eigenvalue weighted by molar-refractivity contribution is 6.00. The van der Waals surface area contributed by atoms with Crippen LogP contribution in [0.15, 0.2) is 36.5 Å². The van der Waals surface area contributed by atoms with Crippen LogP contribution in [0.25, 0.3) is 16.9 Å². The van der Waals surface area contributed by atoms with E-state index in [9.17, 15) is 36.2 Å². The number of rotatable bonds is 4. The molecule has 2 aliphatic rings. The fourth-order valence-corrected chi connectivity index (χ4v) is 5.97. The second kappa shape index (κ2) is 10.4. The number of halogens is 6. The standard InChI is InChI=1S/C29H25F6N5O2/c1-15-12-38(13-18-9-19(30)10-23(31)24(18)32)6-7-39(15)28(42)22-11-36-40-26(29(33,34)35)21-5-3-17-8-16(14-41)2-4-20(17)25(21)37-27(22)40/h2,4,8-11,15,41H,3,5-7,12-14H2,1H3/t15-/m1/s1. The van der Waals surface area contributed by atoms with E-state index in [2.05, 4.69) is 10.1 Å². The molecule has 3 heterocycles. The third-order valence-corrected chi connectivity index (χ3v) is 7.93. The Bertz CT molecular complexity index is 1720. The van der Waals surface area contributed by atoms with E-state index in [4.69, 9.17) is 0 Å². The highest BCUT2D eigenvalue weighted by Crippen LogP contribution is 2.41. The molecule has 0 radical (unpaired) electrons. The van der Waals surface area contributed by atoms with Crippen LogP contribution in [0, 0.1) is 17.5 Å². The van der Waals surface area contributed by atoms with Gasteiger partial charge in [-0.1, -0.05) is 18.2 Å². The van der Waals surface area contributed by atoms with Gasteiger partial charge in [0.2, 0.25) is 0 Å². The Kier molecular flexibility index (Phi) is 6.97. The average Bonchev–Trinajstić information content (AvgIpc) is 3.36. The summed E-state index contributed by atoms with van der Waals surface area (Å²) in [6, 6.07) is 5.93. The first-order chi connectivity index (χ1) is 20.0. The molecule has 1 amide bonds. The van der Waals surface area contributed by atoms with Crippen LogP contribution in [0.4, 0.5) is 26.3 Å². The number of aliphatic hydroxyl groups excluding tert-OH is 1. The molecular weight excluding hydrogens is 564 g/mol. The summed E-state index contributed by atoms with van der Waals surface area (Å²) in [6.07, 6.45) is -3.30. The topological polar surface area (TPSA) is 74.0 Å². The van der Waals surface area contributed by atoms with E-state index in [-0.39, 0.29) is 67.2 Å². The first-order valence-corrected chi connectivity index (χ1v) is 13.3. The van der Waals surface area contributed by atoms with Crippen molar-refractivity contribution in [2.75, 3.05) is 19.6 Å². The summed E-state index contributed by atoms with van der Waals surface area (Å²) in [5.41, 5.74) is 0.547. The van der Waals surface area contributed by atoms with Crippen molar-refractivity contribution >= 4 is 11.6 Å². The van der Waals surface area contributed by atoms with Crippen LogP contribution in [0.3, 0.4) is 0 Å². The zero-order chi connectivity index (χ0) is 29.9. The molecule has 1 aliphatic heterocycles. The SMILES string of the molecule is C[C@@H]1CN(Cc2cc(F)cc(F)c2F)CCN1C(=O)c1cnn2c(C(F)(F)F)c3c(nc12)-c1ccc(CO)cc1CC3. The van der Waals surface area contributed by atoms with Gasteiger partial charge in [-0.05, 0) is 37.0 Å². The van der Waals surface area contributed by atoms with E-state index in [1.54, 1.807) is 30.0 Å². The third kappa shape index (κ3) is 4.79. The molecule has 0 spiro atoms. The molecule has 0 bridgehead atoms. The van der Waals surface area contributed by atoms with Crippen molar-refractivity contribution < 1.29 is 36.2 Å². The fourth-order valence-electron chi connectivity index (χ4n) is 5.97. The first kappa shape index (κ1) is 28.2. The lowest BCUT2D eigenvalue weighted by molar-refractivity contribution is -0.143. The van der Waals surface area contributed by atoms with E-state index in [1.165, 1.54) is 4.90 Å². The summed E-state index contributed by atoms with van der Waals surface area (Å²) in [7, 11) is 0. The van der Waals surface area contributed by atoms with Gasteiger partial charge in [0.1, 0.15) is 11.4 Å². The van der Waals surface area contributed by atoms with Gasteiger partial charge in [0.05, 0.1) is 18.5 Å². The fraction of sp³-hybridized carbons (Fsp3) is 0.345. The Balaban J connectivity index is 1.33. The molecule has 220 valence electrons. The lowest BCUT2D eigenvalue weighted by Crippen LogP contribution is -2.53. The maximum Gasteiger partial charge on any atom is 0.433 e. The number of nitrogens with zero attached hydrogens (tertiary/aromatic N) is 5. The van der Waals surface area contributed by atoms with Crippen molar-refractivity contribution in [2.24, 2.45) is 0 Å². The van der Waals surface area contributed by atoms with E-state index < -0.39 is 41.3 Å². The molecule has 6 rings (SSSR count). The average molecular weight is 590 g/mol. The number of aromatic nitrogens is 3. The van der Waals surface area contributed by atoms with Crippen molar-refractivity contribution in [2.45, 2.75) is 45.1 Å². The Morgan fingerprint density at radius 1 is 1.10 bits per heavy atom. The molecule has 1 atom stereocenters. The number of hydrogen-bond donors (Lipinski definition) is 1. The smallest absolute Gasteiger partial charge is 0.392 e. The van der Waals surface area contributed by atoms with Crippen LogP contribution in [0.1, 0.15) is 45.2 Å². The van der Waals surface area contributed by atoms with Crippen LogP contribution >= 0.6 is 0 Å². The molecule has 2 aromatic carbocycles. The quantitative estimate of drug-likeness (QED) is 0.274. The number of fused-ring (bicyclic) bond motifs is 4. The van der Waals surface area contributed by atoms with E-state index in [1.807, 2.05) is 0 Å². The van der Waals surface area contributed by atoms with Gasteiger partial charge in [-0.25, -0.2) is 22.7 Å². The molecule has 4 aromatic rings. The van der Waals surface area contributed by atoms with E-state index in [0.29, 0.717) is 28.1 Å². The molecule has 42 heavy (non-hydrogen) atoms. The predicted octanol–water partition coefficient (Wildman–Crippen LogP) is 4.77. The summed E-state index contributed by atoms with van der Waals surface area (Å²) in [5, 5.41) is 13.4. The molecule has 1 N–H and O–H groups in total. The number of aliphatic hydroxyl groups is 1. The van der Waals surface area contributed by atoms with Crippen LogP contribution in [-0.4, -0.2) is 61.1 Å². The van der Waals surface area contributed by atoms with E-state index >= 15 is 0 Å². The normalized spacial score (nSPS) is 17.4. The lowest BCUT2D eigenvalue weighted by atomic mass is 9.87. The number of carbonyl (C=O) groups excluding carboxylic acids is 1. The van der Waals surface area contributed by atoms with Gasteiger partial charge in [-0.2, -0.15) is 18.3 Å². The van der Waals surface area contributed by atoms with Crippen molar-refractivity contribution in [1.29, 1.82) is 0 Å². The molecule has 7 nitrogen and oxygen atoms in total. The van der Waals surface area contributed by atoms with Crippen molar-refractivity contribution in [3.05, 3.63) is 87.5 Å². The first-order valence-electron chi connectivity index (χ1n) is 13.3.